The third kappa shape index (κ3) is 75.8. The number of carbonyl (C=O) groups is 2. The zero-order valence-corrected chi connectivity index (χ0v) is 61.2. The molecule has 3 N–H and O–H groups in total. The van der Waals surface area contributed by atoms with Crippen LogP contribution < -0.4 is 5.32 Å². The molecular weight excluding hydrogens is 1090 g/mol. The molecule has 0 saturated carbocycles. The van der Waals surface area contributed by atoms with Crippen LogP contribution in [0, 0.1) is 0 Å². The van der Waals surface area contributed by atoms with Gasteiger partial charge in [0.2, 0.25) is 5.91 Å². The molecule has 0 aromatic carbocycles. The van der Waals surface area contributed by atoms with Crippen LogP contribution in [0.1, 0.15) is 495 Å². The van der Waals surface area contributed by atoms with Gasteiger partial charge < -0.3 is 20.3 Å². The molecule has 0 rings (SSSR count). The topological polar surface area (TPSA) is 95.9 Å². The predicted molar refractivity (Wildman–Crippen MR) is 394 cm³/mol. The van der Waals surface area contributed by atoms with E-state index in [4.69, 9.17) is 4.74 Å². The molecule has 532 valence electrons. The summed E-state index contributed by atoms with van der Waals surface area (Å²) >= 11 is 0. The van der Waals surface area contributed by atoms with Crippen LogP contribution in [0.25, 0.3) is 0 Å². The van der Waals surface area contributed by atoms with Crippen molar-refractivity contribution in [1.82, 2.24) is 5.32 Å². The maximum atomic E-state index is 12.6. The largest absolute Gasteiger partial charge is 0.466 e. The maximum absolute atomic E-state index is 12.6. The van der Waals surface area contributed by atoms with Crippen molar-refractivity contribution in [2.45, 2.75) is 508 Å². The minimum Gasteiger partial charge on any atom is -0.466 e. The van der Waals surface area contributed by atoms with Crippen molar-refractivity contribution >= 4 is 11.9 Å². The lowest BCUT2D eigenvalue weighted by atomic mass is 10.0. The molecule has 89 heavy (non-hydrogen) atoms. The average Bonchev–Trinajstić information content (AvgIpc) is 3.62. The normalized spacial score (nSPS) is 12.4. The molecule has 0 heterocycles. The summed E-state index contributed by atoms with van der Waals surface area (Å²) in [6.07, 6.45) is 99.4. The van der Waals surface area contributed by atoms with Crippen LogP contribution in [-0.2, 0) is 14.3 Å². The Morgan fingerprint density at radius 2 is 0.461 bits per heavy atom. The smallest absolute Gasteiger partial charge is 0.305 e. The van der Waals surface area contributed by atoms with Crippen molar-refractivity contribution in [2.75, 3.05) is 13.2 Å². The number of ether oxygens (including phenoxy) is 1. The summed E-state index contributed by atoms with van der Waals surface area (Å²) in [5, 5.41) is 23.4. The van der Waals surface area contributed by atoms with Gasteiger partial charge in [-0.1, -0.05) is 457 Å². The van der Waals surface area contributed by atoms with Crippen LogP contribution in [0.2, 0.25) is 0 Å². The summed E-state index contributed by atoms with van der Waals surface area (Å²) < 4.78 is 5.52. The fraction of sp³-hybridized carbons (Fsp3) is 0.976. The van der Waals surface area contributed by atoms with Crippen LogP contribution >= 0.6 is 0 Å². The molecule has 1 amide bonds. The van der Waals surface area contributed by atoms with E-state index in [1.54, 1.807) is 0 Å². The monoisotopic (exact) mass is 1260 g/mol. The van der Waals surface area contributed by atoms with Crippen molar-refractivity contribution in [2.24, 2.45) is 0 Å². The second-order valence-electron chi connectivity index (χ2n) is 29.2. The van der Waals surface area contributed by atoms with Crippen molar-refractivity contribution in [3.8, 4) is 0 Å². The van der Waals surface area contributed by atoms with Gasteiger partial charge in [-0.3, -0.25) is 9.59 Å². The first-order valence-corrected chi connectivity index (χ1v) is 41.8. The molecule has 6 heteroatoms. The minimum absolute atomic E-state index is 0.0238. The van der Waals surface area contributed by atoms with Crippen LogP contribution in [0.15, 0.2) is 0 Å². The van der Waals surface area contributed by atoms with Gasteiger partial charge in [0, 0.05) is 12.8 Å². The molecule has 0 bridgehead atoms. The number of hydrogen-bond acceptors (Lipinski definition) is 5. The quantitative estimate of drug-likeness (QED) is 0.0417. The third-order valence-corrected chi connectivity index (χ3v) is 20.2. The summed E-state index contributed by atoms with van der Waals surface area (Å²) in [6.45, 7) is 5.03. The Balaban J connectivity index is 3.29. The fourth-order valence-corrected chi connectivity index (χ4v) is 13.8. The third-order valence-electron chi connectivity index (χ3n) is 20.2. The summed E-state index contributed by atoms with van der Waals surface area (Å²) in [7, 11) is 0. The number of unbranched alkanes of at least 4 members (excludes halogenated alkanes) is 69. The molecule has 2 atom stereocenters. The first-order chi connectivity index (χ1) is 44.0. The van der Waals surface area contributed by atoms with Gasteiger partial charge in [-0.25, -0.2) is 0 Å². The van der Waals surface area contributed by atoms with E-state index < -0.39 is 12.1 Å². The Bertz CT molecular complexity index is 1310. The average molecular weight is 1260 g/mol. The van der Waals surface area contributed by atoms with Crippen molar-refractivity contribution in [3.05, 3.63) is 0 Å². The lowest BCUT2D eigenvalue weighted by molar-refractivity contribution is -0.143. The summed E-state index contributed by atoms with van der Waals surface area (Å²) in [5.41, 5.74) is 0. The van der Waals surface area contributed by atoms with Crippen molar-refractivity contribution in [3.63, 3.8) is 0 Å². The van der Waals surface area contributed by atoms with Crippen LogP contribution in [0.3, 0.4) is 0 Å². The number of carbonyl (C=O) groups excluding carboxylic acids is 2. The van der Waals surface area contributed by atoms with E-state index in [0.29, 0.717) is 25.9 Å². The lowest BCUT2D eigenvalue weighted by Gasteiger charge is -2.22. The number of hydrogen-bond donors (Lipinski definition) is 3. The SMILES string of the molecule is CCCCCCCCCCCCCCCCCCCCCC(O)C(CO)NC(=O)CCCCCCCCCCCCCCCCCCCCCCCCCCCCCCCCCCCCCOC(=O)CCCCCCCCCCCCCCCCCCCC. The second kappa shape index (κ2) is 79.3. The Labute approximate surface area is 559 Å². The highest BCUT2D eigenvalue weighted by molar-refractivity contribution is 5.76. The second-order valence-corrected chi connectivity index (χ2v) is 29.2. The summed E-state index contributed by atoms with van der Waals surface area (Å²) in [4.78, 5) is 24.7. The van der Waals surface area contributed by atoms with Gasteiger partial charge in [0.25, 0.3) is 0 Å². The first-order valence-electron chi connectivity index (χ1n) is 41.8. The molecule has 0 spiro atoms. The van der Waals surface area contributed by atoms with E-state index in [-0.39, 0.29) is 18.5 Å². The van der Waals surface area contributed by atoms with Gasteiger partial charge in [-0.05, 0) is 25.7 Å². The van der Waals surface area contributed by atoms with Gasteiger partial charge in [0.15, 0.2) is 0 Å². The van der Waals surface area contributed by atoms with Gasteiger partial charge in [0.05, 0.1) is 25.4 Å². The molecule has 6 nitrogen and oxygen atoms in total. The number of nitrogens with one attached hydrogen (secondary N) is 1. The summed E-state index contributed by atoms with van der Waals surface area (Å²) in [6, 6.07) is -0.537. The molecule has 0 aromatic heterocycles. The number of aliphatic hydroxyl groups is 2. The molecule has 0 saturated heterocycles. The number of amides is 1. The molecule has 0 aromatic rings. The Morgan fingerprint density at radius 1 is 0.270 bits per heavy atom. The molecule has 2 unspecified atom stereocenters. The van der Waals surface area contributed by atoms with Crippen LogP contribution in [-0.4, -0.2) is 47.4 Å². The Kier molecular flexibility index (Phi) is 78.3. The summed E-state index contributed by atoms with van der Waals surface area (Å²) in [5.74, 6) is 0.00482. The van der Waals surface area contributed by atoms with Gasteiger partial charge in [0.1, 0.15) is 0 Å². The van der Waals surface area contributed by atoms with E-state index in [1.165, 1.54) is 424 Å². The van der Waals surface area contributed by atoms with Crippen LogP contribution in [0.4, 0.5) is 0 Å². The number of esters is 1. The molecule has 0 radical (unpaired) electrons. The first kappa shape index (κ1) is 87.9. The Morgan fingerprint density at radius 3 is 0.685 bits per heavy atom. The van der Waals surface area contributed by atoms with Crippen molar-refractivity contribution < 1.29 is 24.5 Å². The molecule has 0 aliphatic carbocycles. The van der Waals surface area contributed by atoms with E-state index in [1.807, 2.05) is 0 Å². The highest BCUT2D eigenvalue weighted by Crippen LogP contribution is 2.21. The molecule has 0 fully saturated rings. The van der Waals surface area contributed by atoms with E-state index in [0.717, 1.165) is 38.5 Å². The van der Waals surface area contributed by atoms with E-state index >= 15 is 0 Å². The molecule has 0 aliphatic rings. The number of aliphatic hydroxyl groups excluding tert-OH is 2. The predicted octanol–water partition coefficient (Wildman–Crippen LogP) is 27.7. The molecular formula is C83H165NO5. The standard InChI is InChI=1S/C83H165NO5/c1-3-5-7-9-11-13-15-17-19-21-40-43-47-51-55-59-63-67-71-75-81(86)80(79-85)84-82(87)76-72-68-64-60-56-52-48-44-41-38-36-34-32-30-28-26-24-23-25-27-29-31-33-35-37-39-42-46-50-54-58-62-66-70-74-78-89-83(88)77-73-69-65-61-57-53-49-45-22-20-18-16-14-12-10-8-6-4-2/h80-81,85-86H,3-79H2,1-2H3,(H,84,87). The fourth-order valence-electron chi connectivity index (χ4n) is 13.8. The highest BCUT2D eigenvalue weighted by atomic mass is 16.5. The van der Waals surface area contributed by atoms with E-state index in [2.05, 4.69) is 19.2 Å². The zero-order valence-electron chi connectivity index (χ0n) is 61.2. The van der Waals surface area contributed by atoms with Crippen LogP contribution in [0.5, 0.6) is 0 Å². The van der Waals surface area contributed by atoms with Gasteiger partial charge in [-0.2, -0.15) is 0 Å². The zero-order chi connectivity index (χ0) is 64.2. The maximum Gasteiger partial charge on any atom is 0.305 e. The van der Waals surface area contributed by atoms with Gasteiger partial charge >= 0.3 is 5.97 Å². The molecule has 0 aliphatic heterocycles. The van der Waals surface area contributed by atoms with Gasteiger partial charge in [-0.15, -0.1) is 0 Å². The number of rotatable bonds is 80. The highest BCUT2D eigenvalue weighted by Gasteiger charge is 2.20. The van der Waals surface area contributed by atoms with E-state index in [9.17, 15) is 19.8 Å². The minimum atomic E-state index is -0.660. The Hall–Kier alpha value is -1.14. The lowest BCUT2D eigenvalue weighted by Crippen LogP contribution is -2.45. The van der Waals surface area contributed by atoms with Crippen molar-refractivity contribution in [1.29, 1.82) is 0 Å².